The van der Waals surface area contributed by atoms with E-state index < -0.39 is 17.9 Å². The predicted octanol–water partition coefficient (Wildman–Crippen LogP) is 4.40. The molecule has 2 aromatic heterocycles. The van der Waals surface area contributed by atoms with Crippen molar-refractivity contribution in [3.63, 3.8) is 0 Å². The van der Waals surface area contributed by atoms with Crippen molar-refractivity contribution >= 4 is 39.3 Å². The minimum Gasteiger partial charge on any atom is -0.465 e. The van der Waals surface area contributed by atoms with Gasteiger partial charge in [0, 0.05) is 5.38 Å². The molecule has 1 aliphatic rings. The normalized spacial score (nSPS) is 15.3. The van der Waals surface area contributed by atoms with Gasteiger partial charge in [0.15, 0.2) is 10.6 Å². The summed E-state index contributed by atoms with van der Waals surface area (Å²) in [6.45, 7) is 3.74. The Morgan fingerprint density at radius 3 is 2.53 bits per heavy atom. The first-order chi connectivity index (χ1) is 15.4. The number of hydrogen-bond donors (Lipinski definition) is 0. The molecule has 0 fully saturated rings. The summed E-state index contributed by atoms with van der Waals surface area (Å²) >= 11 is 1.32. The molecule has 8 heteroatoms. The van der Waals surface area contributed by atoms with Gasteiger partial charge in [-0.1, -0.05) is 23.8 Å². The van der Waals surface area contributed by atoms with E-state index >= 15 is 0 Å². The highest BCUT2D eigenvalue weighted by Crippen LogP contribution is 2.42. The van der Waals surface area contributed by atoms with E-state index in [4.69, 9.17) is 9.15 Å². The van der Waals surface area contributed by atoms with Crippen molar-refractivity contribution in [2.24, 2.45) is 0 Å². The molecule has 5 rings (SSSR count). The third kappa shape index (κ3) is 3.03. The second kappa shape index (κ2) is 7.42. The third-order valence-corrected chi connectivity index (χ3v) is 6.44. The quantitative estimate of drug-likeness (QED) is 0.433. The lowest BCUT2D eigenvalue weighted by Gasteiger charge is -2.22. The molecule has 0 N–H and O–H groups in total. The number of ether oxygens (including phenoxy) is 1. The monoisotopic (exact) mass is 446 g/mol. The van der Waals surface area contributed by atoms with E-state index in [-0.39, 0.29) is 16.8 Å². The van der Waals surface area contributed by atoms with Crippen LogP contribution >= 0.6 is 11.3 Å². The predicted molar refractivity (Wildman–Crippen MR) is 121 cm³/mol. The van der Waals surface area contributed by atoms with Crippen molar-refractivity contribution in [3.05, 3.63) is 91.8 Å². The number of esters is 1. The average Bonchev–Trinajstić information content (AvgIpc) is 3.35. The maximum absolute atomic E-state index is 13.6. The van der Waals surface area contributed by atoms with Gasteiger partial charge in [0.1, 0.15) is 5.58 Å². The molecule has 160 valence electrons. The number of anilines is 1. The fraction of sp³-hybridized carbons (Fsp3) is 0.167. The van der Waals surface area contributed by atoms with Crippen LogP contribution in [-0.2, 0) is 4.74 Å². The lowest BCUT2D eigenvalue weighted by Crippen LogP contribution is -2.29. The van der Waals surface area contributed by atoms with Gasteiger partial charge in [-0.25, -0.2) is 9.78 Å². The van der Waals surface area contributed by atoms with Crippen LogP contribution in [0, 0.1) is 13.8 Å². The van der Waals surface area contributed by atoms with Crippen LogP contribution in [0.3, 0.4) is 0 Å². The van der Waals surface area contributed by atoms with Crippen molar-refractivity contribution in [2.45, 2.75) is 19.9 Å². The number of methoxy groups -OCH3 is 1. The number of rotatable bonds is 3. The topological polar surface area (TPSA) is 89.7 Å². The van der Waals surface area contributed by atoms with Crippen LogP contribution in [0.2, 0.25) is 0 Å². The molecule has 0 aliphatic carbocycles. The van der Waals surface area contributed by atoms with Gasteiger partial charge in [-0.05, 0) is 43.7 Å². The second-order valence-electron chi connectivity index (χ2n) is 7.64. The van der Waals surface area contributed by atoms with Crippen molar-refractivity contribution < 1.29 is 18.7 Å². The third-order valence-electron chi connectivity index (χ3n) is 5.49. The zero-order valence-electron chi connectivity index (χ0n) is 17.5. The Kier molecular flexibility index (Phi) is 4.67. The Balaban J connectivity index is 1.76. The Morgan fingerprint density at radius 2 is 1.88 bits per heavy atom. The molecule has 2 aromatic carbocycles. The molecular formula is C24H18N2O5S. The summed E-state index contributed by atoms with van der Waals surface area (Å²) in [5, 5.41) is 2.74. The Hall–Kier alpha value is -3.78. The first-order valence-electron chi connectivity index (χ1n) is 9.90. The van der Waals surface area contributed by atoms with Gasteiger partial charge in [-0.3, -0.25) is 14.5 Å². The van der Waals surface area contributed by atoms with Crippen LogP contribution in [0.25, 0.3) is 11.0 Å². The van der Waals surface area contributed by atoms with E-state index in [0.29, 0.717) is 27.2 Å². The summed E-state index contributed by atoms with van der Waals surface area (Å²) in [5.41, 5.74) is 3.11. The lowest BCUT2D eigenvalue weighted by atomic mass is 9.97. The molecule has 0 saturated carbocycles. The summed E-state index contributed by atoms with van der Waals surface area (Å²) < 4.78 is 10.7. The van der Waals surface area contributed by atoms with Crippen LogP contribution in [0.15, 0.2) is 57.1 Å². The first kappa shape index (κ1) is 20.1. The van der Waals surface area contributed by atoms with Crippen molar-refractivity contribution in [3.8, 4) is 0 Å². The Bertz CT molecular complexity index is 1450. The molecule has 0 radical (unpaired) electrons. The highest BCUT2D eigenvalue weighted by atomic mass is 32.1. The highest BCUT2D eigenvalue weighted by Gasteiger charge is 2.44. The zero-order chi connectivity index (χ0) is 22.6. The van der Waals surface area contributed by atoms with Gasteiger partial charge in [0.05, 0.1) is 35.4 Å². The van der Waals surface area contributed by atoms with Gasteiger partial charge in [-0.15, -0.1) is 11.3 Å². The SMILES string of the molecule is COC(=O)c1ccc(C2c3c(oc4ccc(C)cc4c3=O)C(=O)N2c2nc(C)cs2)cc1. The molecule has 1 unspecified atom stereocenters. The standard InChI is InChI=1S/C24H18N2O5S/c1-12-4-9-17-16(10-12)20(27)18-19(14-5-7-15(8-6-14)23(29)30-3)26(22(28)21(18)31-17)24-25-13(2)11-32-24/h4-11,19H,1-3H3. The number of thiazole rings is 1. The van der Waals surface area contributed by atoms with Crippen LogP contribution in [0.4, 0.5) is 5.13 Å². The molecule has 0 bridgehead atoms. The second-order valence-corrected chi connectivity index (χ2v) is 8.47. The summed E-state index contributed by atoms with van der Waals surface area (Å²) in [7, 11) is 1.31. The fourth-order valence-corrected chi connectivity index (χ4v) is 4.80. The zero-order valence-corrected chi connectivity index (χ0v) is 18.4. The number of carbonyl (C=O) groups excluding carboxylic acids is 2. The van der Waals surface area contributed by atoms with Crippen LogP contribution < -0.4 is 10.3 Å². The number of benzene rings is 2. The summed E-state index contributed by atoms with van der Waals surface area (Å²) in [5.74, 6) is -0.870. The van der Waals surface area contributed by atoms with Crippen LogP contribution in [0.1, 0.15) is 49.3 Å². The molecule has 32 heavy (non-hydrogen) atoms. The van der Waals surface area contributed by atoms with E-state index in [0.717, 1.165) is 11.3 Å². The summed E-state index contributed by atoms with van der Waals surface area (Å²) in [6, 6.07) is 11.2. The average molecular weight is 446 g/mol. The molecular weight excluding hydrogens is 428 g/mol. The fourth-order valence-electron chi connectivity index (χ4n) is 3.97. The molecule has 4 aromatic rings. The van der Waals surface area contributed by atoms with E-state index in [1.54, 1.807) is 36.4 Å². The van der Waals surface area contributed by atoms with Crippen molar-refractivity contribution in [2.75, 3.05) is 12.0 Å². The number of nitrogens with zero attached hydrogens (tertiary/aromatic N) is 2. The lowest BCUT2D eigenvalue weighted by molar-refractivity contribution is 0.0600. The number of aromatic nitrogens is 1. The number of amides is 1. The Morgan fingerprint density at radius 1 is 1.12 bits per heavy atom. The van der Waals surface area contributed by atoms with Crippen LogP contribution in [-0.4, -0.2) is 24.0 Å². The minimum atomic E-state index is -0.726. The van der Waals surface area contributed by atoms with Gasteiger partial charge in [-0.2, -0.15) is 0 Å². The van der Waals surface area contributed by atoms with Gasteiger partial charge in [0.25, 0.3) is 5.91 Å². The highest BCUT2D eigenvalue weighted by molar-refractivity contribution is 7.14. The molecule has 1 aliphatic heterocycles. The number of hydrogen-bond acceptors (Lipinski definition) is 7. The molecule has 7 nitrogen and oxygen atoms in total. The summed E-state index contributed by atoms with van der Waals surface area (Å²) in [6.07, 6.45) is 0. The number of carbonyl (C=O) groups is 2. The summed E-state index contributed by atoms with van der Waals surface area (Å²) in [4.78, 5) is 44.9. The molecule has 1 atom stereocenters. The molecule has 0 spiro atoms. The van der Waals surface area contributed by atoms with E-state index in [1.165, 1.54) is 23.3 Å². The van der Waals surface area contributed by atoms with E-state index in [9.17, 15) is 14.4 Å². The van der Waals surface area contributed by atoms with Gasteiger partial charge in [0.2, 0.25) is 5.76 Å². The minimum absolute atomic E-state index is 0.0150. The smallest absolute Gasteiger partial charge is 0.337 e. The van der Waals surface area contributed by atoms with Crippen molar-refractivity contribution in [1.82, 2.24) is 4.98 Å². The van der Waals surface area contributed by atoms with E-state index in [1.807, 2.05) is 25.3 Å². The van der Waals surface area contributed by atoms with E-state index in [2.05, 4.69) is 4.98 Å². The molecule has 3 heterocycles. The van der Waals surface area contributed by atoms with Crippen LogP contribution in [0.5, 0.6) is 0 Å². The Labute approximate surface area is 186 Å². The maximum Gasteiger partial charge on any atom is 0.337 e. The first-order valence-corrected chi connectivity index (χ1v) is 10.8. The number of aryl methyl sites for hydroxylation is 2. The van der Waals surface area contributed by atoms with Gasteiger partial charge >= 0.3 is 5.97 Å². The largest absolute Gasteiger partial charge is 0.465 e. The number of fused-ring (bicyclic) bond motifs is 2. The molecule has 0 saturated heterocycles. The maximum atomic E-state index is 13.6. The van der Waals surface area contributed by atoms with Crippen molar-refractivity contribution in [1.29, 1.82) is 0 Å². The van der Waals surface area contributed by atoms with Gasteiger partial charge < -0.3 is 9.15 Å². The molecule has 1 amide bonds.